The summed E-state index contributed by atoms with van der Waals surface area (Å²) in [5.41, 5.74) is 19.1. The van der Waals surface area contributed by atoms with E-state index in [1.165, 1.54) is 38.9 Å². The Morgan fingerprint density at radius 2 is 0.966 bits per heavy atom. The molecule has 2 aliphatic rings. The number of nitriles is 1. The average molecular weight is 751 g/mol. The minimum Gasteiger partial charge on any atom is -0.455 e. The van der Waals surface area contributed by atoms with Crippen LogP contribution in [0.15, 0.2) is 211 Å². The fraction of sp³-hybridized carbons (Fsp3) is 0.0179. The first-order chi connectivity index (χ1) is 29.2. The van der Waals surface area contributed by atoms with Crippen molar-refractivity contribution in [2.45, 2.75) is 5.41 Å². The predicted octanol–water partition coefficient (Wildman–Crippen LogP) is 14.6. The van der Waals surface area contributed by atoms with Gasteiger partial charge in [0.15, 0.2) is 0 Å². The average Bonchev–Trinajstić information content (AvgIpc) is 3.94. The zero-order valence-corrected chi connectivity index (χ0v) is 31.9. The van der Waals surface area contributed by atoms with Crippen molar-refractivity contribution in [2.24, 2.45) is 0 Å². The van der Waals surface area contributed by atoms with Crippen LogP contribution in [0, 0.1) is 11.3 Å². The molecule has 10 aromatic rings. The summed E-state index contributed by atoms with van der Waals surface area (Å²) in [6.07, 6.45) is 0. The normalized spacial score (nSPS) is 14.5. The third kappa shape index (κ3) is 4.75. The van der Waals surface area contributed by atoms with E-state index in [2.05, 4.69) is 199 Å². The SMILES string of the molecule is N#Cc1ccc2c(c1)C1(c3ccccc3-2)c2ccccc2-c2ccc(N(c3ccc(-c4cccc5c4oc4ccccc45)cc3)c3ccccc3-c3ccccc3)cc21. The molecule has 0 saturated carbocycles. The molecule has 0 aliphatic heterocycles. The van der Waals surface area contributed by atoms with Crippen molar-refractivity contribution >= 4 is 39.0 Å². The summed E-state index contributed by atoms with van der Waals surface area (Å²) in [5.74, 6) is 0. The molecule has 1 heterocycles. The van der Waals surface area contributed by atoms with Crippen molar-refractivity contribution in [3.63, 3.8) is 0 Å². The summed E-state index contributed by atoms with van der Waals surface area (Å²) in [6, 6.07) is 76.1. The number of hydrogen-bond donors (Lipinski definition) is 0. The molecule has 3 heteroatoms. The molecule has 3 nitrogen and oxygen atoms in total. The maximum absolute atomic E-state index is 10.2. The molecule has 1 unspecified atom stereocenters. The molecule has 59 heavy (non-hydrogen) atoms. The van der Waals surface area contributed by atoms with Gasteiger partial charge in [0.25, 0.3) is 0 Å². The second kappa shape index (κ2) is 12.8. The fourth-order valence-electron chi connectivity index (χ4n) is 10.1. The van der Waals surface area contributed by atoms with Crippen LogP contribution in [0.3, 0.4) is 0 Å². The van der Waals surface area contributed by atoms with Gasteiger partial charge in [-0.2, -0.15) is 5.26 Å². The van der Waals surface area contributed by atoms with E-state index in [1.54, 1.807) is 0 Å². The molecule has 1 aromatic heterocycles. The maximum Gasteiger partial charge on any atom is 0.143 e. The number of benzene rings is 9. The lowest BCUT2D eigenvalue weighted by molar-refractivity contribution is 0.670. The molecule has 0 fully saturated rings. The first-order valence-corrected chi connectivity index (χ1v) is 20.1. The van der Waals surface area contributed by atoms with Crippen molar-refractivity contribution in [3.05, 3.63) is 234 Å². The molecule has 0 bridgehead atoms. The third-order valence-corrected chi connectivity index (χ3v) is 12.5. The van der Waals surface area contributed by atoms with Crippen LogP contribution in [0.5, 0.6) is 0 Å². The van der Waals surface area contributed by atoms with Crippen LogP contribution in [0.4, 0.5) is 17.1 Å². The van der Waals surface area contributed by atoms with Crippen molar-refractivity contribution in [1.82, 2.24) is 0 Å². The van der Waals surface area contributed by atoms with E-state index in [0.29, 0.717) is 5.56 Å². The number of rotatable bonds is 5. The topological polar surface area (TPSA) is 40.2 Å². The fourth-order valence-corrected chi connectivity index (χ4v) is 10.1. The Labute approximate surface area is 342 Å². The van der Waals surface area contributed by atoms with Gasteiger partial charge in [0.05, 0.1) is 22.7 Å². The van der Waals surface area contributed by atoms with Gasteiger partial charge in [-0.1, -0.05) is 158 Å². The van der Waals surface area contributed by atoms with E-state index in [4.69, 9.17) is 4.42 Å². The van der Waals surface area contributed by atoms with E-state index in [1.807, 2.05) is 18.2 Å². The number of hydrogen-bond acceptors (Lipinski definition) is 3. The van der Waals surface area contributed by atoms with Crippen LogP contribution >= 0.6 is 0 Å². The number of anilines is 3. The van der Waals surface area contributed by atoms with Gasteiger partial charge in [-0.25, -0.2) is 0 Å². The van der Waals surface area contributed by atoms with Crippen LogP contribution in [0.25, 0.3) is 66.4 Å². The molecule has 0 saturated heterocycles. The van der Waals surface area contributed by atoms with Gasteiger partial charge in [-0.05, 0) is 104 Å². The number of nitrogens with zero attached hydrogens (tertiary/aromatic N) is 2. The monoisotopic (exact) mass is 750 g/mol. The summed E-state index contributed by atoms with van der Waals surface area (Å²) < 4.78 is 6.47. The molecule has 9 aromatic carbocycles. The lowest BCUT2D eigenvalue weighted by Crippen LogP contribution is -2.26. The van der Waals surface area contributed by atoms with Gasteiger partial charge in [0.2, 0.25) is 0 Å². The highest BCUT2D eigenvalue weighted by Crippen LogP contribution is 2.63. The first kappa shape index (κ1) is 33.2. The Morgan fingerprint density at radius 1 is 0.407 bits per heavy atom. The Hall–Kier alpha value is -7.93. The largest absolute Gasteiger partial charge is 0.455 e. The zero-order chi connectivity index (χ0) is 39.1. The van der Waals surface area contributed by atoms with E-state index in [-0.39, 0.29) is 0 Å². The minimum atomic E-state index is -0.597. The lowest BCUT2D eigenvalue weighted by Gasteiger charge is -2.33. The van der Waals surface area contributed by atoms with Crippen LogP contribution < -0.4 is 4.90 Å². The molecule has 12 rings (SSSR count). The van der Waals surface area contributed by atoms with Gasteiger partial charge in [-0.3, -0.25) is 0 Å². The smallest absolute Gasteiger partial charge is 0.143 e. The van der Waals surface area contributed by atoms with Crippen LogP contribution in [0.1, 0.15) is 27.8 Å². The van der Waals surface area contributed by atoms with Gasteiger partial charge in [-0.15, -0.1) is 0 Å². The second-order valence-corrected chi connectivity index (χ2v) is 15.5. The quantitative estimate of drug-likeness (QED) is 0.176. The molecular formula is C56H34N2O. The molecule has 274 valence electrons. The number of para-hydroxylation sites is 3. The Morgan fingerprint density at radius 3 is 1.73 bits per heavy atom. The van der Waals surface area contributed by atoms with Gasteiger partial charge < -0.3 is 9.32 Å². The molecular weight excluding hydrogens is 717 g/mol. The standard InChI is InChI=1S/C56H34N2O/c57-35-36-25-31-45-43-16-4-8-21-49(43)56(51(45)33-36)50-22-9-5-17-44(50)46-32-30-40(34-52(46)56)58(53-23-10-6-15-41(53)37-13-2-1-3-14-37)39-28-26-38(27-29-39)42-19-12-20-48-47-18-7-11-24-54(47)59-55(42)48/h1-34H. The molecule has 1 atom stereocenters. The van der Waals surface area contributed by atoms with Gasteiger partial charge >= 0.3 is 0 Å². The molecule has 0 amide bonds. The van der Waals surface area contributed by atoms with E-state index < -0.39 is 5.41 Å². The van der Waals surface area contributed by atoms with Crippen molar-refractivity contribution in [2.75, 3.05) is 4.90 Å². The van der Waals surface area contributed by atoms with E-state index in [9.17, 15) is 5.26 Å². The molecule has 0 N–H and O–H groups in total. The second-order valence-electron chi connectivity index (χ2n) is 15.5. The van der Waals surface area contributed by atoms with Gasteiger partial charge in [0, 0.05) is 33.3 Å². The summed E-state index contributed by atoms with van der Waals surface area (Å²) in [4.78, 5) is 2.40. The van der Waals surface area contributed by atoms with Crippen LogP contribution in [0.2, 0.25) is 0 Å². The summed E-state index contributed by atoms with van der Waals surface area (Å²) >= 11 is 0. The maximum atomic E-state index is 10.2. The Kier molecular flexibility index (Phi) is 7.21. The van der Waals surface area contributed by atoms with Crippen molar-refractivity contribution < 1.29 is 4.42 Å². The number of fused-ring (bicyclic) bond motifs is 13. The van der Waals surface area contributed by atoms with E-state index in [0.717, 1.165) is 66.8 Å². The molecule has 1 spiro atoms. The Balaban J connectivity index is 1.09. The van der Waals surface area contributed by atoms with Crippen LogP contribution in [-0.2, 0) is 5.41 Å². The molecule has 0 radical (unpaired) electrons. The number of furan rings is 1. The molecule has 2 aliphatic carbocycles. The van der Waals surface area contributed by atoms with Crippen molar-refractivity contribution in [1.29, 1.82) is 5.26 Å². The van der Waals surface area contributed by atoms with Gasteiger partial charge in [0.1, 0.15) is 11.2 Å². The lowest BCUT2D eigenvalue weighted by atomic mass is 9.70. The minimum absolute atomic E-state index is 0.597. The third-order valence-electron chi connectivity index (χ3n) is 12.5. The highest BCUT2D eigenvalue weighted by atomic mass is 16.3. The predicted molar refractivity (Wildman–Crippen MR) is 240 cm³/mol. The van der Waals surface area contributed by atoms with Crippen molar-refractivity contribution in [3.8, 4) is 50.6 Å². The summed E-state index contributed by atoms with van der Waals surface area (Å²) in [5, 5.41) is 12.5. The summed E-state index contributed by atoms with van der Waals surface area (Å²) in [7, 11) is 0. The highest BCUT2D eigenvalue weighted by molar-refractivity contribution is 6.09. The van der Waals surface area contributed by atoms with Crippen LogP contribution in [-0.4, -0.2) is 0 Å². The highest BCUT2D eigenvalue weighted by Gasteiger charge is 2.52. The van der Waals surface area contributed by atoms with E-state index >= 15 is 0 Å². The Bertz CT molecular complexity index is 3340. The first-order valence-electron chi connectivity index (χ1n) is 20.1. The summed E-state index contributed by atoms with van der Waals surface area (Å²) in [6.45, 7) is 0. The zero-order valence-electron chi connectivity index (χ0n) is 31.9.